The average Bonchev–Trinajstić information content (AvgIpc) is 3.64. The second-order valence-electron chi connectivity index (χ2n) is 12.2. The molecule has 0 unspecified atom stereocenters. The number of fused-ring (bicyclic) bond motifs is 1. The predicted octanol–water partition coefficient (Wildman–Crippen LogP) is 2.92. The third kappa shape index (κ3) is 5.99. The summed E-state index contributed by atoms with van der Waals surface area (Å²) in [7, 11) is 0. The van der Waals surface area contributed by atoms with Crippen molar-refractivity contribution in [1.29, 1.82) is 0 Å². The SMILES string of the molecule is C=CCCC(=O)N[C@@H](C)[C@H](OC(=O)[C@@H]1[C@@H]2CC[C@]3(O2)[C@H](C(=O)N(CC=C)C(C)C)N([C@H](C)CO)C(=O)[C@@H]13)c1ccccc1. The summed E-state index contributed by atoms with van der Waals surface area (Å²) < 4.78 is 12.7. The van der Waals surface area contributed by atoms with Crippen molar-refractivity contribution in [2.24, 2.45) is 11.8 Å². The van der Waals surface area contributed by atoms with Crippen LogP contribution in [0, 0.1) is 11.8 Å². The molecule has 0 aromatic heterocycles. The number of benzene rings is 1. The van der Waals surface area contributed by atoms with Crippen LogP contribution in [-0.2, 0) is 28.7 Å². The zero-order valence-corrected chi connectivity index (χ0v) is 25.6. The molecule has 3 amide bonds. The van der Waals surface area contributed by atoms with Gasteiger partial charge in [-0.25, -0.2) is 0 Å². The number of likely N-dealkylation sites (tertiary alicyclic amines) is 1. The number of nitrogens with one attached hydrogen (secondary N) is 1. The van der Waals surface area contributed by atoms with Gasteiger partial charge in [-0.15, -0.1) is 13.2 Å². The number of hydrogen-bond donors (Lipinski definition) is 2. The van der Waals surface area contributed by atoms with Crippen molar-refractivity contribution in [3.63, 3.8) is 0 Å². The highest BCUT2D eigenvalue weighted by Crippen LogP contribution is 2.59. The summed E-state index contributed by atoms with van der Waals surface area (Å²) in [6.45, 7) is 14.6. The van der Waals surface area contributed by atoms with E-state index >= 15 is 0 Å². The smallest absolute Gasteiger partial charge is 0.313 e. The molecule has 3 aliphatic rings. The van der Waals surface area contributed by atoms with Crippen LogP contribution in [-0.4, -0.2) is 87.6 Å². The van der Waals surface area contributed by atoms with Gasteiger partial charge in [-0.2, -0.15) is 0 Å². The zero-order chi connectivity index (χ0) is 31.5. The monoisotopic (exact) mass is 595 g/mol. The molecule has 234 valence electrons. The van der Waals surface area contributed by atoms with Crippen molar-refractivity contribution in [2.45, 2.75) is 95.4 Å². The van der Waals surface area contributed by atoms with E-state index in [-0.39, 0.29) is 37.4 Å². The van der Waals surface area contributed by atoms with E-state index in [1.165, 1.54) is 4.90 Å². The summed E-state index contributed by atoms with van der Waals surface area (Å²) in [5, 5.41) is 13.0. The Labute approximate surface area is 254 Å². The largest absolute Gasteiger partial charge is 0.455 e. The molecule has 3 saturated heterocycles. The highest BCUT2D eigenvalue weighted by molar-refractivity contribution is 5.98. The molecule has 10 heteroatoms. The topological polar surface area (TPSA) is 125 Å². The van der Waals surface area contributed by atoms with Crippen LogP contribution in [0.2, 0.25) is 0 Å². The van der Waals surface area contributed by atoms with Gasteiger partial charge in [0.05, 0.1) is 36.6 Å². The summed E-state index contributed by atoms with van der Waals surface area (Å²) in [5.74, 6) is -3.36. The summed E-state index contributed by atoms with van der Waals surface area (Å²) >= 11 is 0. The zero-order valence-electron chi connectivity index (χ0n) is 25.6. The minimum absolute atomic E-state index is 0.170. The fourth-order valence-corrected chi connectivity index (χ4v) is 6.99. The fourth-order valence-electron chi connectivity index (χ4n) is 6.99. The van der Waals surface area contributed by atoms with Crippen molar-refractivity contribution in [3.05, 3.63) is 61.2 Å². The lowest BCUT2D eigenvalue weighted by molar-refractivity contribution is -0.162. The van der Waals surface area contributed by atoms with Crippen LogP contribution in [0.4, 0.5) is 0 Å². The molecule has 2 N–H and O–H groups in total. The molecule has 4 rings (SSSR count). The van der Waals surface area contributed by atoms with Gasteiger partial charge >= 0.3 is 5.97 Å². The summed E-state index contributed by atoms with van der Waals surface area (Å²) in [5.41, 5.74) is -0.517. The number of nitrogens with zero attached hydrogens (tertiary/aromatic N) is 2. The Kier molecular flexibility index (Phi) is 10.1. The Hall–Kier alpha value is -3.50. The molecule has 2 bridgehead atoms. The summed E-state index contributed by atoms with van der Waals surface area (Å²) in [6, 6.07) is 6.76. The van der Waals surface area contributed by atoms with Gasteiger partial charge in [0.15, 0.2) is 0 Å². The molecule has 0 radical (unpaired) electrons. The van der Waals surface area contributed by atoms with E-state index in [1.807, 2.05) is 44.2 Å². The highest BCUT2D eigenvalue weighted by atomic mass is 16.6. The Morgan fingerprint density at radius 1 is 1.19 bits per heavy atom. The quantitative estimate of drug-likeness (QED) is 0.250. The van der Waals surface area contributed by atoms with E-state index in [2.05, 4.69) is 18.5 Å². The first-order valence-corrected chi connectivity index (χ1v) is 15.2. The minimum Gasteiger partial charge on any atom is -0.455 e. The van der Waals surface area contributed by atoms with E-state index in [4.69, 9.17) is 9.47 Å². The molecule has 10 nitrogen and oxygen atoms in total. The lowest BCUT2D eigenvalue weighted by Crippen LogP contribution is -2.59. The van der Waals surface area contributed by atoms with Crippen LogP contribution >= 0.6 is 0 Å². The molecular formula is C33H45N3O7. The van der Waals surface area contributed by atoms with Gasteiger partial charge in [0.1, 0.15) is 17.7 Å². The first-order chi connectivity index (χ1) is 20.5. The molecule has 0 saturated carbocycles. The number of ether oxygens (including phenoxy) is 2. The molecule has 1 aromatic carbocycles. The lowest BCUT2D eigenvalue weighted by atomic mass is 9.70. The Bertz CT molecular complexity index is 1220. The van der Waals surface area contributed by atoms with E-state index in [0.717, 1.165) is 0 Å². The number of aliphatic hydroxyl groups excluding tert-OH is 1. The van der Waals surface area contributed by atoms with Gasteiger partial charge < -0.3 is 29.7 Å². The van der Waals surface area contributed by atoms with Crippen molar-refractivity contribution < 1.29 is 33.8 Å². The Balaban J connectivity index is 1.67. The third-order valence-corrected chi connectivity index (χ3v) is 9.00. The number of aliphatic hydroxyl groups is 1. The second kappa shape index (κ2) is 13.4. The van der Waals surface area contributed by atoms with Crippen molar-refractivity contribution in [3.8, 4) is 0 Å². The van der Waals surface area contributed by atoms with Crippen LogP contribution in [0.15, 0.2) is 55.6 Å². The fraction of sp³-hybridized carbons (Fsp3) is 0.576. The normalized spacial score (nSPS) is 27.8. The van der Waals surface area contributed by atoms with Gasteiger partial charge in [-0.05, 0) is 52.5 Å². The molecule has 8 atom stereocenters. The second-order valence-corrected chi connectivity index (χ2v) is 12.2. The molecule has 43 heavy (non-hydrogen) atoms. The molecule has 3 heterocycles. The molecule has 1 spiro atoms. The van der Waals surface area contributed by atoms with Crippen LogP contribution in [0.1, 0.15) is 65.0 Å². The maximum absolute atomic E-state index is 14.2. The maximum atomic E-state index is 14.2. The van der Waals surface area contributed by atoms with Gasteiger partial charge in [-0.3, -0.25) is 19.2 Å². The Morgan fingerprint density at radius 2 is 1.88 bits per heavy atom. The number of carbonyl (C=O) groups excluding carboxylic acids is 4. The Morgan fingerprint density at radius 3 is 2.49 bits per heavy atom. The van der Waals surface area contributed by atoms with Crippen molar-refractivity contribution in [1.82, 2.24) is 15.1 Å². The number of allylic oxidation sites excluding steroid dienone is 1. The molecular weight excluding hydrogens is 550 g/mol. The number of carbonyl (C=O) groups is 4. The minimum atomic E-state index is -1.22. The molecule has 3 fully saturated rings. The van der Waals surface area contributed by atoms with Gasteiger partial charge in [-0.1, -0.05) is 42.5 Å². The number of rotatable bonds is 14. The standard InChI is InChI=1S/C33H45N3O7/c1-7-9-15-25(38)34-22(6)28(23-13-11-10-12-14-23)42-32(41)26-24-16-17-33(43-24)27(26)30(39)36(21(5)19-37)29(33)31(40)35(18-8-2)20(3)4/h7-8,10-14,20-22,24,26-29,37H,1-2,9,15-19H2,3-6H3,(H,34,38)/t21-,22+,24+,26-,27-,28+,29+,33-/m1/s1. The molecule has 1 aromatic rings. The van der Waals surface area contributed by atoms with Crippen LogP contribution in [0.5, 0.6) is 0 Å². The van der Waals surface area contributed by atoms with Gasteiger partial charge in [0.2, 0.25) is 17.7 Å². The van der Waals surface area contributed by atoms with Crippen LogP contribution in [0.3, 0.4) is 0 Å². The summed E-state index contributed by atoms with van der Waals surface area (Å²) in [6.07, 6.45) is 3.59. The third-order valence-electron chi connectivity index (χ3n) is 9.00. The lowest BCUT2D eigenvalue weighted by Gasteiger charge is -2.39. The van der Waals surface area contributed by atoms with Crippen molar-refractivity contribution >= 4 is 23.7 Å². The number of amides is 3. The van der Waals surface area contributed by atoms with Gasteiger partial charge in [0.25, 0.3) is 0 Å². The van der Waals surface area contributed by atoms with Crippen LogP contribution < -0.4 is 5.32 Å². The first-order valence-electron chi connectivity index (χ1n) is 15.2. The van der Waals surface area contributed by atoms with Crippen LogP contribution in [0.25, 0.3) is 0 Å². The predicted molar refractivity (Wildman–Crippen MR) is 160 cm³/mol. The van der Waals surface area contributed by atoms with Crippen molar-refractivity contribution in [2.75, 3.05) is 13.2 Å². The summed E-state index contributed by atoms with van der Waals surface area (Å²) in [4.78, 5) is 58.0. The highest BCUT2D eigenvalue weighted by Gasteiger charge is 2.75. The van der Waals surface area contributed by atoms with E-state index < -0.39 is 59.6 Å². The van der Waals surface area contributed by atoms with E-state index in [9.17, 15) is 24.3 Å². The first kappa shape index (κ1) is 32.4. The number of hydrogen-bond acceptors (Lipinski definition) is 7. The maximum Gasteiger partial charge on any atom is 0.313 e. The van der Waals surface area contributed by atoms with Gasteiger partial charge in [0, 0.05) is 19.0 Å². The average molecular weight is 596 g/mol. The number of esters is 1. The van der Waals surface area contributed by atoms with E-state index in [0.29, 0.717) is 24.8 Å². The molecule has 3 aliphatic heterocycles. The molecule has 0 aliphatic carbocycles. The van der Waals surface area contributed by atoms with E-state index in [1.54, 1.807) is 30.9 Å².